The summed E-state index contributed by atoms with van der Waals surface area (Å²) in [6, 6.07) is 24.8. The molecule has 3 heterocycles. The molecule has 1 N–H and O–H groups in total. The number of carbonyl (C=O) groups excluding carboxylic acids is 1. The largest absolute Gasteiger partial charge is 0.512 e. The third-order valence-electron chi connectivity index (χ3n) is 10.5. The minimum Gasteiger partial charge on any atom is -0.512 e. The Morgan fingerprint density at radius 1 is 0.860 bits per heavy atom. The van der Waals surface area contributed by atoms with Gasteiger partial charge in [-0.2, -0.15) is 0 Å². The molecule has 0 spiro atoms. The van der Waals surface area contributed by atoms with Crippen LogP contribution in [0, 0.1) is 16.9 Å². The van der Waals surface area contributed by atoms with Gasteiger partial charge in [0.15, 0.2) is 5.78 Å². The fourth-order valence-corrected chi connectivity index (χ4v) is 6.99. The van der Waals surface area contributed by atoms with E-state index < -0.39 is 0 Å². The van der Waals surface area contributed by atoms with E-state index in [9.17, 15) is 9.90 Å². The minimum absolute atomic E-state index is 0. The van der Waals surface area contributed by atoms with Crippen LogP contribution in [-0.2, 0) is 30.3 Å². The molecule has 0 aliphatic rings. The summed E-state index contributed by atoms with van der Waals surface area (Å²) in [5.74, 6) is 0.286. The average molecular weight is 866 g/mol. The van der Waals surface area contributed by atoms with E-state index in [-0.39, 0.29) is 47.9 Å². The number of hydrogen-bond acceptors (Lipinski definition) is 6. The summed E-state index contributed by atoms with van der Waals surface area (Å²) in [6.45, 7) is 18.8. The third-order valence-corrected chi connectivity index (χ3v) is 11.6. The van der Waals surface area contributed by atoms with Crippen molar-refractivity contribution in [2.75, 3.05) is 0 Å². The first-order valence-electron chi connectivity index (χ1n) is 17.4. The summed E-state index contributed by atoms with van der Waals surface area (Å²) in [5, 5.41) is 14.7. The Labute approximate surface area is 314 Å². The van der Waals surface area contributed by atoms with Gasteiger partial charge in [-0.25, -0.2) is 4.98 Å². The Morgan fingerprint density at radius 3 is 2.20 bits per heavy atom. The molecular weight excluding hydrogens is 817 g/mol. The van der Waals surface area contributed by atoms with Crippen LogP contribution in [0.25, 0.3) is 53.7 Å². The molecule has 0 saturated carbocycles. The van der Waals surface area contributed by atoms with Crippen molar-refractivity contribution in [3.05, 3.63) is 96.7 Å². The number of furan rings is 1. The zero-order valence-electron chi connectivity index (χ0n) is 30.7. The zero-order valence-corrected chi connectivity index (χ0v) is 33.9. The van der Waals surface area contributed by atoms with Gasteiger partial charge in [-0.05, 0) is 67.0 Å². The SMILES string of the molecule is CC(C)(C)c1cc(-c2ncnc3sc(-c4ccc5occc5c4)cc23)[c-]c2ccccc12.CCC(C)(CC)C(=O)/C=C(\O)C(C)(CC)CC.[Ir]. The molecule has 0 atom stereocenters. The van der Waals surface area contributed by atoms with Crippen molar-refractivity contribution in [1.29, 1.82) is 0 Å². The van der Waals surface area contributed by atoms with Gasteiger partial charge < -0.3 is 9.52 Å². The quantitative estimate of drug-likeness (QED) is 0.0890. The number of nitrogens with zero attached hydrogens (tertiary/aromatic N) is 2. The van der Waals surface area contributed by atoms with Crippen LogP contribution < -0.4 is 0 Å². The van der Waals surface area contributed by atoms with Gasteiger partial charge >= 0.3 is 0 Å². The molecule has 50 heavy (non-hydrogen) atoms. The van der Waals surface area contributed by atoms with Gasteiger partial charge in [0.1, 0.15) is 22.5 Å². The van der Waals surface area contributed by atoms with Crippen molar-refractivity contribution in [3.8, 4) is 21.7 Å². The Hall–Kier alpha value is -3.64. The fourth-order valence-electron chi connectivity index (χ4n) is 5.99. The molecule has 7 heteroatoms. The third kappa shape index (κ3) is 7.96. The number of benzene rings is 3. The first-order chi connectivity index (χ1) is 23.3. The first kappa shape index (κ1) is 39.2. The van der Waals surface area contributed by atoms with Crippen molar-refractivity contribution in [3.63, 3.8) is 0 Å². The van der Waals surface area contributed by atoms with Crippen molar-refractivity contribution < 1.29 is 34.4 Å². The van der Waals surface area contributed by atoms with E-state index in [2.05, 4.69) is 80.4 Å². The van der Waals surface area contributed by atoms with Crippen LogP contribution in [0.1, 0.15) is 93.6 Å². The number of rotatable bonds is 9. The predicted octanol–water partition coefficient (Wildman–Crippen LogP) is 12.7. The van der Waals surface area contributed by atoms with Crippen LogP contribution in [0.5, 0.6) is 0 Å². The van der Waals surface area contributed by atoms with Gasteiger partial charge in [-0.1, -0.05) is 91.5 Å². The first-order valence-corrected chi connectivity index (χ1v) is 18.2. The Bertz CT molecular complexity index is 2130. The second-order valence-electron chi connectivity index (χ2n) is 14.5. The Kier molecular flexibility index (Phi) is 12.3. The number of thiophene rings is 1. The van der Waals surface area contributed by atoms with Crippen molar-refractivity contribution in [2.24, 2.45) is 10.8 Å². The maximum atomic E-state index is 12.2. The number of allylic oxidation sites excluding steroid dienone is 2. The van der Waals surface area contributed by atoms with E-state index >= 15 is 0 Å². The van der Waals surface area contributed by atoms with Crippen LogP contribution in [-0.4, -0.2) is 20.9 Å². The van der Waals surface area contributed by atoms with Crippen molar-refractivity contribution in [1.82, 2.24) is 9.97 Å². The number of fused-ring (bicyclic) bond motifs is 3. The number of carbonyl (C=O) groups is 1. The van der Waals surface area contributed by atoms with E-state index in [0.29, 0.717) is 0 Å². The molecule has 0 saturated heterocycles. The molecule has 0 aliphatic carbocycles. The maximum Gasteiger partial charge on any atom is 0.164 e. The number of hydrogen-bond donors (Lipinski definition) is 1. The molecular formula is C43H49IrN2O3S-. The van der Waals surface area contributed by atoms with E-state index in [1.807, 2.05) is 53.7 Å². The minimum atomic E-state index is -0.337. The number of ketones is 1. The van der Waals surface area contributed by atoms with Gasteiger partial charge in [-0.15, -0.1) is 40.5 Å². The van der Waals surface area contributed by atoms with E-state index in [0.717, 1.165) is 69.1 Å². The normalized spacial score (nSPS) is 12.5. The van der Waals surface area contributed by atoms with E-state index in [4.69, 9.17) is 9.40 Å². The molecule has 6 rings (SSSR count). The summed E-state index contributed by atoms with van der Waals surface area (Å²) in [5.41, 5.74) is 4.70. The summed E-state index contributed by atoms with van der Waals surface area (Å²) in [6.07, 6.45) is 8.15. The maximum absolute atomic E-state index is 12.2. The molecule has 3 aromatic carbocycles. The van der Waals surface area contributed by atoms with Crippen LogP contribution in [0.4, 0.5) is 0 Å². The smallest absolute Gasteiger partial charge is 0.164 e. The van der Waals surface area contributed by atoms with Gasteiger partial charge in [-0.3, -0.25) is 9.78 Å². The molecule has 0 fully saturated rings. The molecule has 0 unspecified atom stereocenters. The molecule has 5 nitrogen and oxygen atoms in total. The molecule has 265 valence electrons. The van der Waals surface area contributed by atoms with Gasteiger partial charge in [0.05, 0.1) is 6.26 Å². The van der Waals surface area contributed by atoms with Gasteiger partial charge in [0.25, 0.3) is 0 Å². The van der Waals surface area contributed by atoms with E-state index in [1.165, 1.54) is 21.9 Å². The summed E-state index contributed by atoms with van der Waals surface area (Å²) in [7, 11) is 0. The van der Waals surface area contributed by atoms with Crippen molar-refractivity contribution >= 4 is 49.1 Å². The molecule has 3 aromatic heterocycles. The van der Waals surface area contributed by atoms with Crippen molar-refractivity contribution in [2.45, 2.75) is 93.4 Å². The van der Waals surface area contributed by atoms with Gasteiger partial charge in [0, 0.05) is 58.4 Å². The Balaban J connectivity index is 0.000000269. The molecule has 0 amide bonds. The summed E-state index contributed by atoms with van der Waals surface area (Å²) in [4.78, 5) is 23.6. The van der Waals surface area contributed by atoms with Crippen LogP contribution in [0.15, 0.2) is 89.5 Å². The summed E-state index contributed by atoms with van der Waals surface area (Å²) >= 11 is 1.69. The molecule has 6 aromatic rings. The molecule has 0 bridgehead atoms. The second-order valence-corrected chi connectivity index (χ2v) is 15.6. The number of aromatic nitrogens is 2. The zero-order chi connectivity index (χ0) is 35.6. The second kappa shape index (κ2) is 15.7. The van der Waals surface area contributed by atoms with Crippen LogP contribution in [0.3, 0.4) is 0 Å². The average Bonchev–Trinajstić information content (AvgIpc) is 3.77. The van der Waals surface area contributed by atoms with E-state index in [1.54, 1.807) is 23.9 Å². The standard InChI is InChI=1S/C28H21N2OS.C15H28O2.Ir/c1-28(2,3)23-14-20(12-17-6-4-5-7-21(17)23)26-22-15-25(32-27(22)30-16-29-26)19-8-9-24-18(13-19)10-11-31-24;1-7-14(5,8-2)12(16)11-13(17)15(6,9-3)10-4;/h4-11,13-16H,1-3H3;11,16H,7-10H2,1-6H3;/q-1;;/b;12-11-;. The van der Waals surface area contributed by atoms with Crippen LogP contribution >= 0.6 is 11.3 Å². The Morgan fingerprint density at radius 2 is 1.54 bits per heavy atom. The molecule has 1 radical (unpaired) electrons. The predicted molar refractivity (Wildman–Crippen MR) is 206 cm³/mol. The fraction of sp³-hybridized carbons (Fsp3) is 0.372. The topological polar surface area (TPSA) is 76.2 Å². The number of aliphatic hydroxyl groups excluding tert-OH is 1. The van der Waals surface area contributed by atoms with Gasteiger partial charge in [0.2, 0.25) is 0 Å². The van der Waals surface area contributed by atoms with Crippen LogP contribution in [0.2, 0.25) is 0 Å². The number of aliphatic hydroxyl groups is 1. The molecule has 0 aliphatic heterocycles. The monoisotopic (exact) mass is 866 g/mol. The summed E-state index contributed by atoms with van der Waals surface area (Å²) < 4.78 is 5.50.